The van der Waals surface area contributed by atoms with Crippen molar-refractivity contribution in [3.8, 4) is 0 Å². The lowest BCUT2D eigenvalue weighted by Crippen LogP contribution is -2.16. The summed E-state index contributed by atoms with van der Waals surface area (Å²) in [6.45, 7) is 0. The van der Waals surface area contributed by atoms with Gasteiger partial charge < -0.3 is 5.32 Å². The zero-order valence-electron chi connectivity index (χ0n) is 12.3. The summed E-state index contributed by atoms with van der Waals surface area (Å²) in [5.74, 6) is 0.602. The average Bonchev–Trinajstić information content (AvgIpc) is 2.90. The number of hydrogen-bond donors (Lipinski definition) is 2. The van der Waals surface area contributed by atoms with E-state index in [1.807, 2.05) is 0 Å². The third-order valence-electron chi connectivity index (χ3n) is 3.75. The van der Waals surface area contributed by atoms with Gasteiger partial charge in [0, 0.05) is 6.42 Å². The Morgan fingerprint density at radius 1 is 1.19 bits per heavy atom. The molecule has 0 spiro atoms. The van der Waals surface area contributed by atoms with Crippen molar-refractivity contribution in [2.24, 2.45) is 5.92 Å². The first-order valence-corrected chi connectivity index (χ1v) is 9.20. The molecule has 0 aliphatic heterocycles. The fraction of sp³-hybridized carbons (Fsp3) is 0.533. The van der Waals surface area contributed by atoms with Crippen molar-refractivity contribution in [2.45, 2.75) is 38.5 Å². The van der Waals surface area contributed by atoms with Gasteiger partial charge in [0.1, 0.15) is 0 Å². The van der Waals surface area contributed by atoms with E-state index in [0.29, 0.717) is 23.7 Å². The van der Waals surface area contributed by atoms with Crippen molar-refractivity contribution in [3.63, 3.8) is 0 Å². The molecule has 1 aliphatic rings. The molecule has 0 radical (unpaired) electrons. The van der Waals surface area contributed by atoms with Gasteiger partial charge in [0.05, 0.1) is 17.6 Å². The number of carbonyl (C=O) groups excluding carboxylic acids is 1. The Bertz CT molecular complexity index is 593. The smallest absolute Gasteiger partial charge is 0.229 e. The molecule has 1 aliphatic carbocycles. The molecule has 0 aromatic heterocycles. The molecule has 1 amide bonds. The van der Waals surface area contributed by atoms with E-state index in [-0.39, 0.29) is 5.91 Å². The number of nitrogens with one attached hydrogen (secondary N) is 2. The highest BCUT2D eigenvalue weighted by molar-refractivity contribution is 7.92. The maximum Gasteiger partial charge on any atom is 0.229 e. The van der Waals surface area contributed by atoms with Gasteiger partial charge in [-0.3, -0.25) is 9.52 Å². The van der Waals surface area contributed by atoms with Crippen LogP contribution in [0.5, 0.6) is 0 Å². The molecule has 1 aromatic carbocycles. The van der Waals surface area contributed by atoms with Crippen LogP contribution in [-0.4, -0.2) is 20.6 Å². The minimum absolute atomic E-state index is 0.0651. The van der Waals surface area contributed by atoms with Gasteiger partial charge in [0.2, 0.25) is 15.9 Å². The molecule has 5 nitrogen and oxygen atoms in total. The Hall–Kier alpha value is -1.56. The van der Waals surface area contributed by atoms with Crippen LogP contribution in [0.2, 0.25) is 0 Å². The van der Waals surface area contributed by atoms with Crippen LogP contribution in [0.15, 0.2) is 24.3 Å². The first kappa shape index (κ1) is 15.8. The number of hydrogen-bond acceptors (Lipinski definition) is 3. The first-order valence-electron chi connectivity index (χ1n) is 7.31. The Morgan fingerprint density at radius 2 is 1.81 bits per heavy atom. The second-order valence-corrected chi connectivity index (χ2v) is 7.41. The number of carbonyl (C=O) groups is 1. The van der Waals surface area contributed by atoms with Gasteiger partial charge in [0.25, 0.3) is 0 Å². The van der Waals surface area contributed by atoms with Crippen molar-refractivity contribution < 1.29 is 13.2 Å². The molecule has 2 N–H and O–H groups in total. The molecule has 1 aromatic rings. The Balaban J connectivity index is 1.93. The van der Waals surface area contributed by atoms with Crippen LogP contribution in [0.1, 0.15) is 38.5 Å². The van der Waals surface area contributed by atoms with Crippen LogP contribution in [0, 0.1) is 5.92 Å². The first-order chi connectivity index (χ1) is 9.94. The Labute approximate surface area is 126 Å². The van der Waals surface area contributed by atoms with Crippen LogP contribution in [-0.2, 0) is 14.8 Å². The second kappa shape index (κ2) is 6.93. The highest BCUT2D eigenvalue weighted by atomic mass is 32.2. The highest BCUT2D eigenvalue weighted by Gasteiger charge is 2.16. The zero-order valence-corrected chi connectivity index (χ0v) is 13.1. The quantitative estimate of drug-likeness (QED) is 0.848. The molecule has 2 rings (SSSR count). The largest absolute Gasteiger partial charge is 0.324 e. The summed E-state index contributed by atoms with van der Waals surface area (Å²) in [5.41, 5.74) is 0.897. The van der Waals surface area contributed by atoms with Crippen molar-refractivity contribution in [2.75, 3.05) is 16.3 Å². The van der Waals surface area contributed by atoms with Gasteiger partial charge in [0.15, 0.2) is 0 Å². The lowest BCUT2D eigenvalue weighted by atomic mass is 10.0. The van der Waals surface area contributed by atoms with E-state index in [1.54, 1.807) is 24.3 Å². The molecular formula is C15H22N2O3S. The molecule has 0 heterocycles. The number of para-hydroxylation sites is 2. The van der Waals surface area contributed by atoms with Crippen LogP contribution in [0.4, 0.5) is 11.4 Å². The summed E-state index contributed by atoms with van der Waals surface area (Å²) >= 11 is 0. The molecule has 0 bridgehead atoms. The molecule has 0 saturated heterocycles. The molecule has 6 heteroatoms. The van der Waals surface area contributed by atoms with E-state index in [0.717, 1.165) is 12.7 Å². The highest BCUT2D eigenvalue weighted by Crippen LogP contribution is 2.29. The summed E-state index contributed by atoms with van der Waals surface area (Å²) in [5, 5.41) is 2.79. The van der Waals surface area contributed by atoms with E-state index in [4.69, 9.17) is 0 Å². The van der Waals surface area contributed by atoms with Gasteiger partial charge >= 0.3 is 0 Å². The maximum absolute atomic E-state index is 12.0. The minimum atomic E-state index is -3.36. The van der Waals surface area contributed by atoms with Crippen LogP contribution in [0.3, 0.4) is 0 Å². The summed E-state index contributed by atoms with van der Waals surface area (Å²) in [7, 11) is -3.36. The van der Waals surface area contributed by atoms with Gasteiger partial charge in [-0.2, -0.15) is 0 Å². The van der Waals surface area contributed by atoms with Crippen molar-refractivity contribution in [3.05, 3.63) is 24.3 Å². The molecular weight excluding hydrogens is 288 g/mol. The SMILES string of the molecule is CS(=O)(=O)Nc1ccccc1NC(=O)CCC1CCCC1. The number of benzene rings is 1. The van der Waals surface area contributed by atoms with E-state index in [1.165, 1.54) is 25.7 Å². The van der Waals surface area contributed by atoms with Gasteiger partial charge in [-0.25, -0.2) is 8.42 Å². The fourth-order valence-electron chi connectivity index (χ4n) is 2.73. The summed E-state index contributed by atoms with van der Waals surface area (Å²) in [6, 6.07) is 6.82. The molecule has 1 saturated carbocycles. The number of rotatable bonds is 6. The zero-order chi connectivity index (χ0) is 15.3. The van der Waals surface area contributed by atoms with Crippen molar-refractivity contribution in [1.82, 2.24) is 0 Å². The van der Waals surface area contributed by atoms with Crippen LogP contribution in [0.25, 0.3) is 0 Å². The molecule has 116 valence electrons. The molecule has 0 atom stereocenters. The van der Waals surface area contributed by atoms with Crippen molar-refractivity contribution >= 4 is 27.3 Å². The predicted molar refractivity (Wildman–Crippen MR) is 84.7 cm³/mol. The average molecular weight is 310 g/mol. The maximum atomic E-state index is 12.0. The molecule has 21 heavy (non-hydrogen) atoms. The molecule has 0 unspecified atom stereocenters. The van der Waals surface area contributed by atoms with Crippen LogP contribution >= 0.6 is 0 Å². The minimum Gasteiger partial charge on any atom is -0.324 e. The lowest BCUT2D eigenvalue weighted by Gasteiger charge is -2.13. The fourth-order valence-corrected chi connectivity index (χ4v) is 3.31. The third kappa shape index (κ3) is 5.38. The lowest BCUT2D eigenvalue weighted by molar-refractivity contribution is -0.116. The van der Waals surface area contributed by atoms with E-state index < -0.39 is 10.0 Å². The van der Waals surface area contributed by atoms with Crippen LogP contribution < -0.4 is 10.0 Å². The van der Waals surface area contributed by atoms with E-state index >= 15 is 0 Å². The van der Waals surface area contributed by atoms with Crippen molar-refractivity contribution in [1.29, 1.82) is 0 Å². The number of amides is 1. The van der Waals surface area contributed by atoms with Gasteiger partial charge in [-0.15, -0.1) is 0 Å². The monoisotopic (exact) mass is 310 g/mol. The summed E-state index contributed by atoms with van der Waals surface area (Å²) in [6.07, 6.45) is 7.47. The van der Waals surface area contributed by atoms with Gasteiger partial charge in [-0.1, -0.05) is 37.8 Å². The number of sulfonamides is 1. The normalized spacial score (nSPS) is 15.9. The van der Waals surface area contributed by atoms with E-state index in [9.17, 15) is 13.2 Å². The van der Waals surface area contributed by atoms with E-state index in [2.05, 4.69) is 10.0 Å². The molecule has 1 fully saturated rings. The summed E-state index contributed by atoms with van der Waals surface area (Å²) < 4.78 is 25.0. The predicted octanol–water partition coefficient (Wildman–Crippen LogP) is 2.97. The Kier molecular flexibility index (Phi) is 5.22. The third-order valence-corrected chi connectivity index (χ3v) is 4.34. The topological polar surface area (TPSA) is 75.3 Å². The second-order valence-electron chi connectivity index (χ2n) is 5.66. The summed E-state index contributed by atoms with van der Waals surface area (Å²) in [4.78, 5) is 12.0. The Morgan fingerprint density at radius 3 is 2.43 bits per heavy atom. The van der Waals surface area contributed by atoms with Gasteiger partial charge in [-0.05, 0) is 24.5 Å². The number of anilines is 2. The standard InChI is InChI=1S/C15H22N2O3S/c1-21(19,20)17-14-9-5-4-8-13(14)16-15(18)11-10-12-6-2-3-7-12/h4-5,8-9,12,17H,2-3,6-7,10-11H2,1H3,(H,16,18).